The van der Waals surface area contributed by atoms with Crippen molar-refractivity contribution in [3.05, 3.63) is 33.9 Å². The highest BCUT2D eigenvalue weighted by Crippen LogP contribution is 2.38. The topological polar surface area (TPSA) is 135 Å². The molecular weight excluding hydrogens is 571 g/mol. The number of anilines is 2. The van der Waals surface area contributed by atoms with Crippen LogP contribution in [0.1, 0.15) is 67.0 Å². The molecule has 1 fully saturated rings. The number of halogens is 2. The number of alkyl carbamates (subject to hydrolysis) is 1. The Labute approximate surface area is 250 Å². The zero-order valence-corrected chi connectivity index (χ0v) is 26.0. The Morgan fingerprint density at radius 3 is 2.22 bits per heavy atom. The average Bonchev–Trinajstić information content (AvgIpc) is 2.82. The van der Waals surface area contributed by atoms with Crippen molar-refractivity contribution in [3.8, 4) is 11.3 Å². The van der Waals surface area contributed by atoms with Gasteiger partial charge in [0.05, 0.1) is 16.6 Å². The summed E-state index contributed by atoms with van der Waals surface area (Å²) in [7, 11) is 0. The van der Waals surface area contributed by atoms with Crippen LogP contribution in [-0.4, -0.2) is 58.4 Å². The summed E-state index contributed by atoms with van der Waals surface area (Å²) < 4.78 is 10.9. The smallest absolute Gasteiger partial charge is 0.413 e. The lowest BCUT2D eigenvalue weighted by Crippen LogP contribution is -2.54. The number of nitrogens with one attached hydrogen (secondary N) is 3. The van der Waals surface area contributed by atoms with Gasteiger partial charge in [-0.25, -0.2) is 19.6 Å². The standard InChI is InChI=1S/C28H38Cl2N6O5/c1-26(2,3)40-24(38)34-22-21(17-9-8-10-18(29)20(17)30)32-19(15-31-16-37)23(33-22)36-13-11-28(7,12-14-36)35-25(39)41-27(4,5)6/h8-10,16H,11-15H2,1-7H3,(H,31,37)(H,35,39)(H,33,34,38). The normalized spacial score (nSPS) is 15.1. The van der Waals surface area contributed by atoms with E-state index in [-0.39, 0.29) is 23.1 Å². The Balaban J connectivity index is 2.00. The Bertz CT molecular complexity index is 1280. The van der Waals surface area contributed by atoms with Crippen LogP contribution >= 0.6 is 23.2 Å². The molecule has 0 bridgehead atoms. The molecule has 3 N–H and O–H groups in total. The van der Waals surface area contributed by atoms with Crippen LogP contribution in [-0.2, 0) is 20.8 Å². The molecule has 1 aromatic heterocycles. The van der Waals surface area contributed by atoms with Crippen LogP contribution in [0.5, 0.6) is 0 Å². The van der Waals surface area contributed by atoms with Crippen molar-refractivity contribution in [1.29, 1.82) is 0 Å². The fraction of sp³-hybridized carbons (Fsp3) is 0.536. The lowest BCUT2D eigenvalue weighted by Gasteiger charge is -2.41. The summed E-state index contributed by atoms with van der Waals surface area (Å²) >= 11 is 12.8. The number of piperidine rings is 1. The highest BCUT2D eigenvalue weighted by Gasteiger charge is 2.35. The van der Waals surface area contributed by atoms with Crippen molar-refractivity contribution < 1.29 is 23.9 Å². The number of hydrogen-bond donors (Lipinski definition) is 3. The average molecular weight is 610 g/mol. The Hall–Kier alpha value is -3.31. The zero-order valence-electron chi connectivity index (χ0n) is 24.5. The van der Waals surface area contributed by atoms with Crippen molar-refractivity contribution in [3.63, 3.8) is 0 Å². The lowest BCUT2D eigenvalue weighted by atomic mass is 9.89. The largest absolute Gasteiger partial charge is 0.444 e. The van der Waals surface area contributed by atoms with Crippen LogP contribution in [0.2, 0.25) is 10.0 Å². The van der Waals surface area contributed by atoms with Crippen LogP contribution in [0.25, 0.3) is 11.3 Å². The number of ether oxygens (including phenoxy) is 2. The molecule has 0 aliphatic carbocycles. The first-order chi connectivity index (χ1) is 19.0. The van der Waals surface area contributed by atoms with Gasteiger partial charge in [0.15, 0.2) is 11.6 Å². The number of carbonyl (C=O) groups excluding carboxylic acids is 3. The van der Waals surface area contributed by atoms with Crippen molar-refractivity contribution in [1.82, 2.24) is 20.6 Å². The summed E-state index contributed by atoms with van der Waals surface area (Å²) in [5, 5.41) is 8.89. The molecule has 41 heavy (non-hydrogen) atoms. The second-order valence-corrected chi connectivity index (χ2v) is 12.9. The zero-order chi connectivity index (χ0) is 30.6. The summed E-state index contributed by atoms with van der Waals surface area (Å²) in [6, 6.07) is 5.06. The van der Waals surface area contributed by atoms with Crippen LogP contribution in [0.15, 0.2) is 18.2 Å². The minimum Gasteiger partial charge on any atom is -0.444 e. The molecule has 3 rings (SSSR count). The van der Waals surface area contributed by atoms with E-state index in [0.717, 1.165) is 0 Å². The predicted molar refractivity (Wildman–Crippen MR) is 159 cm³/mol. The van der Waals surface area contributed by atoms with Crippen LogP contribution in [0.4, 0.5) is 21.2 Å². The van der Waals surface area contributed by atoms with Gasteiger partial charge in [0.25, 0.3) is 0 Å². The number of carbonyl (C=O) groups is 3. The van der Waals surface area contributed by atoms with E-state index in [1.165, 1.54) is 0 Å². The van der Waals surface area contributed by atoms with E-state index in [4.69, 9.17) is 42.6 Å². The first-order valence-electron chi connectivity index (χ1n) is 13.3. The first kappa shape index (κ1) is 32.2. The molecule has 0 radical (unpaired) electrons. The molecule has 2 aromatic rings. The fourth-order valence-corrected chi connectivity index (χ4v) is 4.61. The van der Waals surface area contributed by atoms with Gasteiger partial charge in [-0.1, -0.05) is 35.3 Å². The quantitative estimate of drug-likeness (QED) is 0.329. The minimum absolute atomic E-state index is 0.0770. The minimum atomic E-state index is -0.750. The summed E-state index contributed by atoms with van der Waals surface area (Å²) in [5.74, 6) is 0.583. The highest BCUT2D eigenvalue weighted by atomic mass is 35.5. The lowest BCUT2D eigenvalue weighted by molar-refractivity contribution is -0.109. The SMILES string of the molecule is CC1(NC(=O)OC(C)(C)C)CCN(c2nc(NC(=O)OC(C)(C)C)c(-c3cccc(Cl)c3Cl)nc2CNC=O)CC1. The van der Waals surface area contributed by atoms with E-state index in [2.05, 4.69) is 16.0 Å². The van der Waals surface area contributed by atoms with Gasteiger partial charge in [-0.15, -0.1) is 0 Å². The number of aromatic nitrogens is 2. The maximum atomic E-state index is 12.8. The molecule has 0 unspecified atom stereocenters. The Morgan fingerprint density at radius 2 is 1.63 bits per heavy atom. The van der Waals surface area contributed by atoms with E-state index < -0.39 is 28.9 Å². The highest BCUT2D eigenvalue weighted by molar-refractivity contribution is 6.43. The van der Waals surface area contributed by atoms with Crippen molar-refractivity contribution >= 4 is 53.4 Å². The molecule has 0 saturated carbocycles. The molecular formula is C28H38Cl2N6O5. The number of rotatable bonds is 7. The van der Waals surface area contributed by atoms with E-state index in [0.29, 0.717) is 54.4 Å². The number of nitrogens with zero attached hydrogens (tertiary/aromatic N) is 3. The molecule has 0 spiro atoms. The summed E-state index contributed by atoms with van der Waals surface area (Å²) in [6.45, 7) is 13.8. The van der Waals surface area contributed by atoms with Gasteiger partial charge >= 0.3 is 12.2 Å². The second-order valence-electron chi connectivity index (χ2n) is 12.1. The maximum absolute atomic E-state index is 12.8. The number of benzene rings is 1. The van der Waals surface area contributed by atoms with Gasteiger partial charge in [-0.05, 0) is 67.4 Å². The molecule has 1 aromatic carbocycles. The first-order valence-corrected chi connectivity index (χ1v) is 14.0. The summed E-state index contributed by atoms with van der Waals surface area (Å²) in [5.41, 5.74) is -0.684. The van der Waals surface area contributed by atoms with E-state index in [1.54, 1.807) is 39.0 Å². The van der Waals surface area contributed by atoms with Gasteiger partial charge in [0.2, 0.25) is 6.41 Å². The molecule has 11 nitrogen and oxygen atoms in total. The molecule has 0 atom stereocenters. The van der Waals surface area contributed by atoms with Crippen molar-refractivity contribution in [2.75, 3.05) is 23.3 Å². The fourth-order valence-electron chi connectivity index (χ4n) is 4.22. The number of hydrogen-bond acceptors (Lipinski definition) is 8. The van der Waals surface area contributed by atoms with E-state index >= 15 is 0 Å². The molecule has 1 aliphatic rings. The van der Waals surface area contributed by atoms with Gasteiger partial charge < -0.3 is 25.0 Å². The third kappa shape index (κ3) is 9.09. The molecule has 3 amide bonds. The maximum Gasteiger partial charge on any atom is 0.413 e. The van der Waals surface area contributed by atoms with Crippen molar-refractivity contribution in [2.45, 2.75) is 84.6 Å². The second kappa shape index (κ2) is 12.7. The van der Waals surface area contributed by atoms with Crippen LogP contribution in [0.3, 0.4) is 0 Å². The van der Waals surface area contributed by atoms with E-state index in [9.17, 15) is 14.4 Å². The van der Waals surface area contributed by atoms with Crippen LogP contribution in [0, 0.1) is 0 Å². The molecule has 224 valence electrons. The van der Waals surface area contributed by atoms with Crippen LogP contribution < -0.4 is 20.9 Å². The van der Waals surface area contributed by atoms with E-state index in [1.807, 2.05) is 32.6 Å². The van der Waals surface area contributed by atoms with Gasteiger partial charge in [-0.2, -0.15) is 0 Å². The van der Waals surface area contributed by atoms with Gasteiger partial charge in [0, 0.05) is 24.2 Å². The third-order valence-electron chi connectivity index (χ3n) is 6.10. The summed E-state index contributed by atoms with van der Waals surface area (Å²) in [4.78, 5) is 48.1. The van der Waals surface area contributed by atoms with Crippen molar-refractivity contribution in [2.24, 2.45) is 0 Å². The van der Waals surface area contributed by atoms with Gasteiger partial charge in [0.1, 0.15) is 22.6 Å². The number of amides is 3. The molecule has 1 aliphatic heterocycles. The van der Waals surface area contributed by atoms with Gasteiger partial charge in [-0.3, -0.25) is 10.1 Å². The molecule has 13 heteroatoms. The predicted octanol–water partition coefficient (Wildman–Crippen LogP) is 5.93. The monoisotopic (exact) mass is 608 g/mol. The molecule has 2 heterocycles. The molecule has 1 saturated heterocycles. The Kier molecular flexibility index (Phi) is 9.97. The summed E-state index contributed by atoms with van der Waals surface area (Å²) in [6.07, 6.45) is 0.554. The Morgan fingerprint density at radius 1 is 1.02 bits per heavy atom. The third-order valence-corrected chi connectivity index (χ3v) is 6.91.